The van der Waals surface area contributed by atoms with E-state index >= 15 is 0 Å². The van der Waals surface area contributed by atoms with E-state index in [-0.39, 0.29) is 17.5 Å². The van der Waals surface area contributed by atoms with Gasteiger partial charge in [-0.3, -0.25) is 9.59 Å². The van der Waals surface area contributed by atoms with Gasteiger partial charge in [-0.05, 0) is 30.2 Å². The van der Waals surface area contributed by atoms with Crippen LogP contribution in [0.15, 0.2) is 83.8 Å². The Morgan fingerprint density at radius 1 is 1.04 bits per heavy atom. The molecule has 1 amide bonds. The van der Waals surface area contributed by atoms with E-state index in [4.69, 9.17) is 0 Å². The van der Waals surface area contributed by atoms with Gasteiger partial charge in [-0.15, -0.1) is 11.3 Å². The summed E-state index contributed by atoms with van der Waals surface area (Å²) in [6.45, 7) is 2.46. The van der Waals surface area contributed by atoms with E-state index in [0.29, 0.717) is 16.8 Å². The molecule has 0 fully saturated rings. The third-order valence-corrected chi connectivity index (χ3v) is 5.82. The molecule has 0 spiro atoms. The Kier molecular flexibility index (Phi) is 5.08. The molecule has 0 aliphatic carbocycles. The largest absolute Gasteiger partial charge is 0.345 e. The Morgan fingerprint density at radius 3 is 2.43 bits per heavy atom. The number of amides is 1. The topological polar surface area (TPSA) is 51.1 Å². The van der Waals surface area contributed by atoms with E-state index in [1.807, 2.05) is 73.7 Å². The van der Waals surface area contributed by atoms with Gasteiger partial charge < -0.3 is 9.88 Å². The van der Waals surface area contributed by atoms with Crippen molar-refractivity contribution in [2.45, 2.75) is 19.5 Å². The number of fused-ring (bicyclic) bond motifs is 1. The molecule has 0 radical (unpaired) electrons. The zero-order valence-corrected chi connectivity index (χ0v) is 16.3. The molecule has 140 valence electrons. The van der Waals surface area contributed by atoms with Crippen LogP contribution in [-0.4, -0.2) is 10.5 Å². The molecule has 28 heavy (non-hydrogen) atoms. The predicted octanol–water partition coefficient (Wildman–Crippen LogP) is 4.60. The second-order valence-corrected chi connectivity index (χ2v) is 7.81. The molecule has 2 aromatic carbocycles. The second kappa shape index (κ2) is 7.82. The van der Waals surface area contributed by atoms with Crippen LogP contribution in [0.3, 0.4) is 0 Å². The van der Waals surface area contributed by atoms with E-state index in [2.05, 4.69) is 5.32 Å². The summed E-state index contributed by atoms with van der Waals surface area (Å²) >= 11 is 1.35. The lowest BCUT2D eigenvalue weighted by Gasteiger charge is -2.13. The van der Waals surface area contributed by atoms with Crippen molar-refractivity contribution in [1.82, 2.24) is 9.88 Å². The first-order valence-electron chi connectivity index (χ1n) is 9.14. The standard InChI is InChI=1S/C23H20N2O2S/c1-16(18-10-6-3-7-11-18)24-22(26)21-14-19-20(28-21)12-13-25(23(19)27)15-17-8-4-2-5-9-17/h2-14,16H,15H2,1H3,(H,24,26). The summed E-state index contributed by atoms with van der Waals surface area (Å²) in [6.07, 6.45) is 1.79. The second-order valence-electron chi connectivity index (χ2n) is 6.73. The zero-order chi connectivity index (χ0) is 19.5. The van der Waals surface area contributed by atoms with E-state index in [1.165, 1.54) is 11.3 Å². The highest BCUT2D eigenvalue weighted by Gasteiger charge is 2.16. The quantitative estimate of drug-likeness (QED) is 0.543. The Balaban J connectivity index is 1.58. The molecular weight excluding hydrogens is 368 g/mol. The summed E-state index contributed by atoms with van der Waals surface area (Å²) < 4.78 is 2.50. The predicted molar refractivity (Wildman–Crippen MR) is 114 cm³/mol. The SMILES string of the molecule is CC(NC(=O)c1cc2c(=O)n(Cc3ccccc3)ccc2s1)c1ccccc1. The van der Waals surface area contributed by atoms with Crippen molar-refractivity contribution in [3.8, 4) is 0 Å². The first kappa shape index (κ1) is 18.2. The monoisotopic (exact) mass is 388 g/mol. The molecule has 1 unspecified atom stereocenters. The van der Waals surface area contributed by atoms with Gasteiger partial charge in [0, 0.05) is 10.9 Å². The van der Waals surface area contributed by atoms with Crippen LogP contribution in [0.2, 0.25) is 0 Å². The average Bonchev–Trinajstić information content (AvgIpc) is 3.17. The number of carbonyl (C=O) groups excluding carboxylic acids is 1. The number of thiophene rings is 1. The third-order valence-electron chi connectivity index (χ3n) is 4.72. The van der Waals surface area contributed by atoms with Crippen LogP contribution in [0.1, 0.15) is 33.8 Å². The Hall–Kier alpha value is -3.18. The normalized spacial score (nSPS) is 12.0. The highest BCUT2D eigenvalue weighted by molar-refractivity contribution is 7.20. The van der Waals surface area contributed by atoms with E-state index in [1.54, 1.807) is 16.8 Å². The molecule has 4 rings (SSSR count). The zero-order valence-electron chi connectivity index (χ0n) is 15.5. The van der Waals surface area contributed by atoms with Gasteiger partial charge >= 0.3 is 0 Å². The van der Waals surface area contributed by atoms with Gasteiger partial charge in [-0.1, -0.05) is 60.7 Å². The van der Waals surface area contributed by atoms with Crippen LogP contribution in [0.25, 0.3) is 10.1 Å². The highest BCUT2D eigenvalue weighted by atomic mass is 32.1. The first-order chi connectivity index (χ1) is 13.6. The fraction of sp³-hybridized carbons (Fsp3) is 0.130. The fourth-order valence-electron chi connectivity index (χ4n) is 3.19. The molecule has 4 aromatic rings. The number of nitrogens with one attached hydrogen (secondary N) is 1. The molecule has 0 aliphatic heterocycles. The molecule has 0 saturated carbocycles. The maximum absolute atomic E-state index is 12.9. The van der Waals surface area contributed by atoms with Gasteiger partial charge in [-0.25, -0.2) is 0 Å². The lowest BCUT2D eigenvalue weighted by molar-refractivity contribution is 0.0944. The van der Waals surface area contributed by atoms with Crippen molar-refractivity contribution in [2.75, 3.05) is 0 Å². The number of aromatic nitrogens is 1. The van der Waals surface area contributed by atoms with Gasteiger partial charge in [0.2, 0.25) is 0 Å². The number of benzene rings is 2. The van der Waals surface area contributed by atoms with Gasteiger partial charge in [0.25, 0.3) is 11.5 Å². The van der Waals surface area contributed by atoms with Crippen LogP contribution >= 0.6 is 11.3 Å². The summed E-state index contributed by atoms with van der Waals surface area (Å²) in [6, 6.07) is 23.2. The summed E-state index contributed by atoms with van der Waals surface area (Å²) in [5, 5.41) is 3.59. The molecule has 4 nitrogen and oxygen atoms in total. The van der Waals surface area contributed by atoms with Crippen LogP contribution < -0.4 is 10.9 Å². The van der Waals surface area contributed by atoms with Gasteiger partial charge in [0.15, 0.2) is 0 Å². The fourth-order valence-corrected chi connectivity index (χ4v) is 4.14. The van der Waals surface area contributed by atoms with Crippen molar-refractivity contribution in [2.24, 2.45) is 0 Å². The molecule has 0 aliphatic rings. The lowest BCUT2D eigenvalue weighted by atomic mass is 10.1. The van der Waals surface area contributed by atoms with E-state index < -0.39 is 0 Å². The van der Waals surface area contributed by atoms with Crippen LogP contribution in [0.4, 0.5) is 0 Å². The molecule has 1 atom stereocenters. The smallest absolute Gasteiger partial charge is 0.261 e. The number of nitrogens with zero attached hydrogens (tertiary/aromatic N) is 1. The molecule has 2 aromatic heterocycles. The summed E-state index contributed by atoms with van der Waals surface area (Å²) in [5.41, 5.74) is 2.03. The lowest BCUT2D eigenvalue weighted by Crippen LogP contribution is -2.25. The van der Waals surface area contributed by atoms with Crippen molar-refractivity contribution < 1.29 is 4.79 Å². The van der Waals surface area contributed by atoms with Gasteiger partial charge in [0.05, 0.1) is 22.8 Å². The number of rotatable bonds is 5. The van der Waals surface area contributed by atoms with Crippen molar-refractivity contribution in [3.05, 3.63) is 105 Å². The Morgan fingerprint density at radius 2 is 1.71 bits per heavy atom. The molecule has 1 N–H and O–H groups in total. The number of hydrogen-bond donors (Lipinski definition) is 1. The number of carbonyl (C=O) groups is 1. The minimum absolute atomic E-state index is 0.0761. The van der Waals surface area contributed by atoms with Crippen molar-refractivity contribution >= 4 is 27.3 Å². The molecule has 0 bridgehead atoms. The molecule has 2 heterocycles. The first-order valence-corrected chi connectivity index (χ1v) is 9.96. The van der Waals surface area contributed by atoms with Crippen molar-refractivity contribution in [1.29, 1.82) is 0 Å². The maximum atomic E-state index is 12.9. The minimum atomic E-state index is -0.161. The molecule has 0 saturated heterocycles. The van der Waals surface area contributed by atoms with Crippen LogP contribution in [0, 0.1) is 0 Å². The third kappa shape index (κ3) is 3.75. The average molecular weight is 388 g/mol. The minimum Gasteiger partial charge on any atom is -0.345 e. The van der Waals surface area contributed by atoms with E-state index in [9.17, 15) is 9.59 Å². The van der Waals surface area contributed by atoms with Gasteiger partial charge in [0.1, 0.15) is 0 Å². The number of hydrogen-bond acceptors (Lipinski definition) is 3. The van der Waals surface area contributed by atoms with Crippen LogP contribution in [0.5, 0.6) is 0 Å². The Bertz CT molecular complexity index is 1160. The van der Waals surface area contributed by atoms with Crippen LogP contribution in [-0.2, 0) is 6.54 Å². The van der Waals surface area contributed by atoms with Crippen molar-refractivity contribution in [3.63, 3.8) is 0 Å². The highest BCUT2D eigenvalue weighted by Crippen LogP contribution is 2.24. The Labute approximate surface area is 167 Å². The van der Waals surface area contributed by atoms with E-state index in [0.717, 1.165) is 15.8 Å². The summed E-state index contributed by atoms with van der Waals surface area (Å²) in [7, 11) is 0. The number of pyridine rings is 1. The maximum Gasteiger partial charge on any atom is 0.261 e. The summed E-state index contributed by atoms with van der Waals surface area (Å²) in [4.78, 5) is 26.1. The molecule has 5 heteroatoms. The summed E-state index contributed by atoms with van der Waals surface area (Å²) in [5.74, 6) is -0.161. The van der Waals surface area contributed by atoms with Gasteiger partial charge in [-0.2, -0.15) is 0 Å². The molecular formula is C23H20N2O2S.